The minimum absolute atomic E-state index is 0.150. The molecule has 1 aliphatic heterocycles. The number of guanidine groups is 1. The van der Waals surface area contributed by atoms with Gasteiger partial charge < -0.3 is 19.5 Å². The van der Waals surface area contributed by atoms with Crippen molar-refractivity contribution in [2.45, 2.75) is 33.4 Å². The number of nitrogens with one attached hydrogen (secondary N) is 2. The van der Waals surface area contributed by atoms with Crippen LogP contribution in [0.2, 0.25) is 0 Å². The van der Waals surface area contributed by atoms with Crippen molar-refractivity contribution in [2.24, 2.45) is 4.99 Å². The van der Waals surface area contributed by atoms with Crippen molar-refractivity contribution in [3.63, 3.8) is 0 Å². The van der Waals surface area contributed by atoms with Crippen molar-refractivity contribution in [2.75, 3.05) is 19.2 Å². The van der Waals surface area contributed by atoms with E-state index in [4.69, 9.17) is 14.2 Å². The number of carbonyl (C=O) groups is 1. The molecule has 2 N–H and O–H groups in total. The van der Waals surface area contributed by atoms with Crippen LogP contribution in [0.3, 0.4) is 0 Å². The van der Waals surface area contributed by atoms with Gasteiger partial charge in [-0.2, -0.15) is 5.10 Å². The highest BCUT2D eigenvalue weighted by molar-refractivity contribution is 6.10. The summed E-state index contributed by atoms with van der Waals surface area (Å²) in [6, 6.07) is 12.4. The maximum Gasteiger partial charge on any atom is 0.258 e. The summed E-state index contributed by atoms with van der Waals surface area (Å²) in [5, 5.41) is 10.6. The molecule has 0 aliphatic carbocycles. The molecule has 9 heteroatoms. The highest BCUT2D eigenvalue weighted by Crippen LogP contribution is 2.32. The average molecular weight is 450 g/mol. The number of hydrogen-bond donors (Lipinski definition) is 2. The van der Waals surface area contributed by atoms with E-state index in [9.17, 15) is 4.79 Å². The van der Waals surface area contributed by atoms with Crippen molar-refractivity contribution < 1.29 is 19.0 Å². The predicted octanol–water partition coefficient (Wildman–Crippen LogP) is 3.74. The number of aromatic nitrogens is 2. The summed E-state index contributed by atoms with van der Waals surface area (Å²) in [6.07, 6.45) is 2.99. The molecule has 0 bridgehead atoms. The lowest BCUT2D eigenvalue weighted by atomic mass is 10.2. The summed E-state index contributed by atoms with van der Waals surface area (Å²) in [4.78, 5) is 17.6. The Morgan fingerprint density at radius 1 is 1.18 bits per heavy atom. The fourth-order valence-corrected chi connectivity index (χ4v) is 3.36. The highest BCUT2D eigenvalue weighted by atomic mass is 16.7. The lowest BCUT2D eigenvalue weighted by molar-refractivity contribution is 0.0976. The third kappa shape index (κ3) is 5.43. The van der Waals surface area contributed by atoms with Crippen LogP contribution in [-0.2, 0) is 13.1 Å². The zero-order valence-corrected chi connectivity index (χ0v) is 18.9. The van der Waals surface area contributed by atoms with Gasteiger partial charge in [-0.1, -0.05) is 6.92 Å². The summed E-state index contributed by atoms with van der Waals surface area (Å²) in [5.41, 5.74) is 3.11. The number of amides is 1. The number of aryl methyl sites for hydroxylation is 2. The van der Waals surface area contributed by atoms with Gasteiger partial charge in [0.15, 0.2) is 11.5 Å². The minimum Gasteiger partial charge on any atom is -0.497 e. The van der Waals surface area contributed by atoms with Gasteiger partial charge in [0.1, 0.15) is 5.75 Å². The van der Waals surface area contributed by atoms with E-state index in [2.05, 4.69) is 27.6 Å². The minimum atomic E-state index is -0.313. The van der Waals surface area contributed by atoms with E-state index in [1.54, 1.807) is 25.3 Å². The molecule has 0 spiro atoms. The number of hydrogen-bond acceptors (Lipinski definition) is 6. The maximum absolute atomic E-state index is 12.9. The van der Waals surface area contributed by atoms with Gasteiger partial charge in [-0.05, 0) is 55.8 Å². The zero-order valence-electron chi connectivity index (χ0n) is 18.9. The molecule has 1 aliphatic rings. The number of anilines is 1. The van der Waals surface area contributed by atoms with Gasteiger partial charge >= 0.3 is 0 Å². The molecule has 2 heterocycles. The number of fused-ring (bicyclic) bond motifs is 1. The van der Waals surface area contributed by atoms with Gasteiger partial charge in [0.25, 0.3) is 5.91 Å². The topological polar surface area (TPSA) is 99.0 Å². The molecule has 172 valence electrons. The normalized spacial score (nSPS) is 12.5. The fraction of sp³-hybridized carbons (Fsp3) is 0.292. The molecule has 33 heavy (non-hydrogen) atoms. The first-order valence-electron chi connectivity index (χ1n) is 10.7. The molecule has 1 amide bonds. The Balaban J connectivity index is 1.54. The number of rotatable bonds is 7. The van der Waals surface area contributed by atoms with Crippen LogP contribution < -0.4 is 24.8 Å². The molecule has 0 atom stereocenters. The number of methoxy groups -OCH3 is 1. The summed E-state index contributed by atoms with van der Waals surface area (Å²) >= 11 is 0. The first-order chi connectivity index (χ1) is 16.1. The Hall–Kier alpha value is -4.01. The van der Waals surface area contributed by atoms with Crippen LogP contribution in [0.5, 0.6) is 17.2 Å². The van der Waals surface area contributed by atoms with Crippen LogP contribution in [-0.4, -0.2) is 35.5 Å². The molecule has 0 saturated heterocycles. The van der Waals surface area contributed by atoms with Gasteiger partial charge in [0.2, 0.25) is 12.8 Å². The molecule has 3 aromatic rings. The largest absolute Gasteiger partial charge is 0.497 e. The van der Waals surface area contributed by atoms with E-state index >= 15 is 0 Å². The van der Waals surface area contributed by atoms with Gasteiger partial charge in [0, 0.05) is 29.6 Å². The Morgan fingerprint density at radius 2 is 1.97 bits per heavy atom. The highest BCUT2D eigenvalue weighted by Gasteiger charge is 2.17. The second kappa shape index (κ2) is 10.1. The lowest BCUT2D eigenvalue weighted by Gasteiger charge is -2.12. The first kappa shape index (κ1) is 22.2. The van der Waals surface area contributed by atoms with Crippen molar-refractivity contribution in [3.05, 3.63) is 65.5 Å². The predicted molar refractivity (Wildman–Crippen MR) is 125 cm³/mol. The van der Waals surface area contributed by atoms with Gasteiger partial charge in [0.05, 0.1) is 19.3 Å². The summed E-state index contributed by atoms with van der Waals surface area (Å²) in [6.45, 7) is 5.44. The average Bonchev–Trinajstić information content (AvgIpc) is 3.43. The SMILES string of the molecule is CCCn1cc(CN=C(NC(=O)c2ccc3c(c2)OCO3)Nc2ccc(OC)cc2)c(C)n1. The number of carbonyl (C=O) groups excluding carboxylic acids is 1. The van der Waals surface area contributed by atoms with E-state index < -0.39 is 0 Å². The van der Waals surface area contributed by atoms with Crippen LogP contribution in [0, 0.1) is 6.92 Å². The third-order valence-corrected chi connectivity index (χ3v) is 5.13. The van der Waals surface area contributed by atoms with E-state index in [1.807, 2.05) is 42.1 Å². The van der Waals surface area contributed by atoms with Crippen LogP contribution >= 0.6 is 0 Å². The van der Waals surface area contributed by atoms with E-state index in [1.165, 1.54) is 0 Å². The van der Waals surface area contributed by atoms with E-state index in [0.29, 0.717) is 29.6 Å². The smallest absolute Gasteiger partial charge is 0.258 e. The third-order valence-electron chi connectivity index (χ3n) is 5.13. The number of nitrogens with zero attached hydrogens (tertiary/aromatic N) is 3. The number of benzene rings is 2. The van der Waals surface area contributed by atoms with Crippen molar-refractivity contribution >= 4 is 17.6 Å². The monoisotopic (exact) mass is 449 g/mol. The van der Waals surface area contributed by atoms with Gasteiger partial charge in [-0.25, -0.2) is 4.99 Å². The second-order valence-electron chi connectivity index (χ2n) is 7.54. The Kier molecular flexibility index (Phi) is 6.77. The van der Waals surface area contributed by atoms with Crippen LogP contribution in [0.15, 0.2) is 53.7 Å². The molecule has 2 aromatic carbocycles. The Morgan fingerprint density at radius 3 is 2.73 bits per heavy atom. The summed E-state index contributed by atoms with van der Waals surface area (Å²) in [5.74, 6) is 1.92. The Labute approximate surface area is 192 Å². The van der Waals surface area contributed by atoms with Gasteiger partial charge in [-0.3, -0.25) is 14.8 Å². The first-order valence-corrected chi connectivity index (χ1v) is 10.7. The standard InChI is InChI=1S/C24H27N5O4/c1-4-11-29-14-18(16(2)28-29)13-25-24(26-19-6-8-20(31-3)9-7-19)27-23(30)17-5-10-21-22(12-17)33-15-32-21/h5-10,12,14H,4,11,13,15H2,1-3H3,(H2,25,26,27,30). The van der Waals surface area contributed by atoms with E-state index in [0.717, 1.165) is 35.7 Å². The van der Waals surface area contributed by atoms with Crippen molar-refractivity contribution in [3.8, 4) is 17.2 Å². The molecule has 0 saturated carbocycles. The number of aliphatic imine (C=N–C) groups is 1. The molecular formula is C24H27N5O4. The molecule has 9 nitrogen and oxygen atoms in total. The summed E-state index contributed by atoms with van der Waals surface area (Å²) in [7, 11) is 1.61. The Bertz CT molecular complexity index is 1150. The second-order valence-corrected chi connectivity index (χ2v) is 7.54. The molecule has 0 unspecified atom stereocenters. The fourth-order valence-electron chi connectivity index (χ4n) is 3.36. The molecule has 0 radical (unpaired) electrons. The van der Waals surface area contributed by atoms with Crippen LogP contribution in [0.25, 0.3) is 0 Å². The molecule has 0 fully saturated rings. The van der Waals surface area contributed by atoms with Crippen molar-refractivity contribution in [1.82, 2.24) is 15.1 Å². The van der Waals surface area contributed by atoms with Gasteiger partial charge in [-0.15, -0.1) is 0 Å². The quantitative estimate of drug-likeness (QED) is 0.421. The van der Waals surface area contributed by atoms with Crippen molar-refractivity contribution in [1.29, 1.82) is 0 Å². The maximum atomic E-state index is 12.9. The molecular weight excluding hydrogens is 422 g/mol. The van der Waals surface area contributed by atoms with E-state index in [-0.39, 0.29) is 12.7 Å². The zero-order chi connectivity index (χ0) is 23.2. The van der Waals surface area contributed by atoms with Crippen LogP contribution in [0.4, 0.5) is 5.69 Å². The molecule has 4 rings (SSSR count). The summed E-state index contributed by atoms with van der Waals surface area (Å²) < 4.78 is 17.8. The van der Waals surface area contributed by atoms with Crippen LogP contribution in [0.1, 0.15) is 35.0 Å². The molecule has 1 aromatic heterocycles. The lowest BCUT2D eigenvalue weighted by Crippen LogP contribution is -2.36. The number of ether oxygens (including phenoxy) is 3.